The van der Waals surface area contributed by atoms with Crippen LogP contribution in [0, 0.1) is 0 Å². The zero-order chi connectivity index (χ0) is 13.1. The Morgan fingerprint density at radius 3 is 2.72 bits per heavy atom. The molecule has 1 aliphatic heterocycles. The first kappa shape index (κ1) is 14.5. The van der Waals surface area contributed by atoms with Crippen LogP contribution in [0.5, 0.6) is 0 Å². The van der Waals surface area contributed by atoms with E-state index in [0.29, 0.717) is 18.6 Å². The van der Waals surface area contributed by atoms with Crippen molar-refractivity contribution in [1.82, 2.24) is 4.90 Å². The van der Waals surface area contributed by atoms with Gasteiger partial charge in [0.2, 0.25) is 0 Å². The van der Waals surface area contributed by atoms with Gasteiger partial charge in [0.15, 0.2) is 0 Å². The largest absolute Gasteiger partial charge is 0.329 e. The molecule has 0 aliphatic carbocycles. The minimum Gasteiger partial charge on any atom is -0.329 e. The van der Waals surface area contributed by atoms with Gasteiger partial charge >= 0.3 is 0 Å². The molecule has 2 atom stereocenters. The molecule has 2 rings (SSSR count). The van der Waals surface area contributed by atoms with Crippen LogP contribution in [0.3, 0.4) is 0 Å². The summed E-state index contributed by atoms with van der Waals surface area (Å²) in [5.41, 5.74) is 7.32. The highest BCUT2D eigenvalue weighted by atomic mass is 79.9. The van der Waals surface area contributed by atoms with E-state index in [9.17, 15) is 0 Å². The van der Waals surface area contributed by atoms with Crippen LogP contribution in [-0.2, 0) is 0 Å². The van der Waals surface area contributed by atoms with Crippen LogP contribution in [-0.4, -0.2) is 24.0 Å². The Morgan fingerprint density at radius 2 is 2.11 bits per heavy atom. The first-order valence-corrected chi connectivity index (χ1v) is 8.13. The number of likely N-dealkylation sites (tertiary alicyclic amines) is 1. The maximum Gasteiger partial charge on any atom is 0.0473 e. The predicted molar refractivity (Wildman–Crippen MR) is 83.7 cm³/mol. The van der Waals surface area contributed by atoms with Crippen molar-refractivity contribution in [3.63, 3.8) is 0 Å². The summed E-state index contributed by atoms with van der Waals surface area (Å²) < 4.78 is 2.19. The van der Waals surface area contributed by atoms with Crippen LogP contribution in [0.25, 0.3) is 0 Å². The van der Waals surface area contributed by atoms with Crippen molar-refractivity contribution in [2.45, 2.75) is 38.3 Å². The van der Waals surface area contributed by atoms with Crippen molar-refractivity contribution in [2.75, 3.05) is 13.1 Å². The summed E-state index contributed by atoms with van der Waals surface area (Å²) in [4.78, 5) is 2.55. The molecule has 1 fully saturated rings. The van der Waals surface area contributed by atoms with Crippen molar-refractivity contribution >= 4 is 31.9 Å². The molecule has 2 unspecified atom stereocenters. The first-order valence-electron chi connectivity index (χ1n) is 6.54. The average Bonchev–Trinajstić information content (AvgIpc) is 2.37. The lowest BCUT2D eigenvalue weighted by Gasteiger charge is -2.39. The van der Waals surface area contributed by atoms with E-state index < -0.39 is 0 Å². The Hall–Kier alpha value is 0.1000. The molecule has 0 saturated carbocycles. The molecule has 0 amide bonds. The van der Waals surface area contributed by atoms with Crippen LogP contribution >= 0.6 is 31.9 Å². The number of nitrogens with zero attached hydrogens (tertiary/aromatic N) is 1. The number of halogens is 2. The van der Waals surface area contributed by atoms with Gasteiger partial charge in [-0.2, -0.15) is 0 Å². The number of nitrogens with two attached hydrogens (primary N) is 1. The highest BCUT2D eigenvalue weighted by Gasteiger charge is 2.26. The molecule has 1 heterocycles. The zero-order valence-corrected chi connectivity index (χ0v) is 13.9. The van der Waals surface area contributed by atoms with E-state index >= 15 is 0 Å². The minimum absolute atomic E-state index is 0.338. The molecule has 100 valence electrons. The van der Waals surface area contributed by atoms with Crippen LogP contribution in [0.15, 0.2) is 27.1 Å². The van der Waals surface area contributed by atoms with E-state index in [4.69, 9.17) is 5.73 Å². The molecular formula is C14H20Br2N2. The van der Waals surface area contributed by atoms with Gasteiger partial charge in [0, 0.05) is 27.6 Å². The average molecular weight is 376 g/mol. The maximum atomic E-state index is 6.02. The zero-order valence-electron chi connectivity index (χ0n) is 10.7. The van der Waals surface area contributed by atoms with Crippen LogP contribution in [0.2, 0.25) is 0 Å². The van der Waals surface area contributed by atoms with E-state index in [1.54, 1.807) is 0 Å². The summed E-state index contributed by atoms with van der Waals surface area (Å²) in [5.74, 6) is 0. The lowest BCUT2D eigenvalue weighted by molar-refractivity contribution is 0.109. The predicted octanol–water partition coefficient (Wildman–Crippen LogP) is 4.09. The molecule has 1 aliphatic rings. The molecule has 1 aromatic carbocycles. The van der Waals surface area contributed by atoms with Gasteiger partial charge in [0.05, 0.1) is 0 Å². The smallest absolute Gasteiger partial charge is 0.0473 e. The molecule has 18 heavy (non-hydrogen) atoms. The molecule has 1 saturated heterocycles. The summed E-state index contributed by atoms with van der Waals surface area (Å²) in [6.07, 6.45) is 3.92. The molecular weight excluding hydrogens is 356 g/mol. The van der Waals surface area contributed by atoms with Crippen LogP contribution in [0.1, 0.15) is 37.8 Å². The fourth-order valence-electron chi connectivity index (χ4n) is 2.77. The van der Waals surface area contributed by atoms with Crippen LogP contribution in [0.4, 0.5) is 0 Å². The van der Waals surface area contributed by atoms with Crippen molar-refractivity contribution in [2.24, 2.45) is 5.73 Å². The van der Waals surface area contributed by atoms with Gasteiger partial charge in [-0.3, -0.25) is 4.90 Å². The monoisotopic (exact) mass is 374 g/mol. The van der Waals surface area contributed by atoms with Gasteiger partial charge in [-0.05, 0) is 75.9 Å². The van der Waals surface area contributed by atoms with E-state index in [1.165, 1.54) is 24.8 Å². The molecule has 1 aromatic rings. The van der Waals surface area contributed by atoms with E-state index in [0.717, 1.165) is 15.5 Å². The molecule has 0 radical (unpaired) electrons. The van der Waals surface area contributed by atoms with Crippen molar-refractivity contribution < 1.29 is 0 Å². The Kier molecular flexibility index (Phi) is 5.24. The highest BCUT2D eigenvalue weighted by molar-refractivity contribution is 9.13. The Balaban J connectivity index is 2.23. The summed E-state index contributed by atoms with van der Waals surface area (Å²) in [6.45, 7) is 4.16. The fraction of sp³-hybridized carbons (Fsp3) is 0.571. The van der Waals surface area contributed by atoms with E-state index in [2.05, 4.69) is 61.9 Å². The van der Waals surface area contributed by atoms with Gasteiger partial charge in [-0.15, -0.1) is 0 Å². The molecule has 0 bridgehead atoms. The van der Waals surface area contributed by atoms with Crippen molar-refractivity contribution in [3.8, 4) is 0 Å². The van der Waals surface area contributed by atoms with Gasteiger partial charge in [-0.1, -0.05) is 12.5 Å². The van der Waals surface area contributed by atoms with E-state index in [-0.39, 0.29) is 0 Å². The minimum atomic E-state index is 0.338. The second-order valence-electron chi connectivity index (χ2n) is 5.01. The third-order valence-electron chi connectivity index (χ3n) is 3.81. The summed E-state index contributed by atoms with van der Waals surface area (Å²) in [6, 6.07) is 7.42. The van der Waals surface area contributed by atoms with Gasteiger partial charge in [0.25, 0.3) is 0 Å². The first-order chi connectivity index (χ1) is 8.63. The van der Waals surface area contributed by atoms with Crippen LogP contribution < -0.4 is 5.73 Å². The summed E-state index contributed by atoms with van der Waals surface area (Å²) >= 11 is 7.09. The third kappa shape index (κ3) is 3.16. The number of hydrogen-bond donors (Lipinski definition) is 1. The highest BCUT2D eigenvalue weighted by Crippen LogP contribution is 2.31. The number of rotatable bonds is 3. The van der Waals surface area contributed by atoms with Gasteiger partial charge < -0.3 is 5.73 Å². The second-order valence-corrected chi connectivity index (χ2v) is 6.72. The lowest BCUT2D eigenvalue weighted by Crippen LogP contribution is -2.43. The summed E-state index contributed by atoms with van der Waals surface area (Å²) in [7, 11) is 0. The van der Waals surface area contributed by atoms with Crippen molar-refractivity contribution in [1.29, 1.82) is 0 Å². The Labute approximate surface area is 126 Å². The normalized spacial score (nSPS) is 23.0. The molecule has 0 aromatic heterocycles. The molecule has 2 N–H and O–H groups in total. The second kappa shape index (κ2) is 6.51. The fourth-order valence-corrected chi connectivity index (χ4v) is 3.41. The number of piperidine rings is 1. The number of hydrogen-bond acceptors (Lipinski definition) is 2. The Morgan fingerprint density at radius 1 is 1.33 bits per heavy atom. The van der Waals surface area contributed by atoms with Gasteiger partial charge in [0.1, 0.15) is 0 Å². The topological polar surface area (TPSA) is 29.3 Å². The lowest BCUT2D eigenvalue weighted by atomic mass is 9.97. The SMILES string of the molecule is CC1CCCCN1C(CN)c1ccc(Br)c(Br)c1. The van der Waals surface area contributed by atoms with Crippen molar-refractivity contribution in [3.05, 3.63) is 32.7 Å². The Bertz CT molecular complexity index is 409. The number of benzene rings is 1. The third-order valence-corrected chi connectivity index (χ3v) is 5.69. The molecule has 0 spiro atoms. The summed E-state index contributed by atoms with van der Waals surface area (Å²) in [5, 5.41) is 0. The standard InChI is InChI=1S/C14H20Br2N2/c1-10-4-2-3-7-18(10)14(9-17)11-5-6-12(15)13(16)8-11/h5-6,8,10,14H,2-4,7,9,17H2,1H3. The maximum absolute atomic E-state index is 6.02. The molecule has 2 nitrogen and oxygen atoms in total. The molecule has 4 heteroatoms. The quantitative estimate of drug-likeness (QED) is 0.862. The van der Waals surface area contributed by atoms with E-state index in [1.807, 2.05) is 0 Å². The van der Waals surface area contributed by atoms with Gasteiger partial charge in [-0.25, -0.2) is 0 Å².